The number of thioether (sulfide) groups is 1. The SMILES string of the molecule is C=CCSCCNCc1ccn(C(C)C)n1. The van der Waals surface area contributed by atoms with E-state index in [1.165, 1.54) is 0 Å². The van der Waals surface area contributed by atoms with E-state index in [1.807, 2.05) is 28.7 Å². The molecule has 0 spiro atoms. The number of hydrogen-bond acceptors (Lipinski definition) is 3. The van der Waals surface area contributed by atoms with Crippen LogP contribution >= 0.6 is 11.8 Å². The van der Waals surface area contributed by atoms with Gasteiger partial charge in [0.05, 0.1) is 5.69 Å². The third-order valence-electron chi connectivity index (χ3n) is 2.16. The number of aromatic nitrogens is 2. The molecule has 0 aliphatic carbocycles. The van der Waals surface area contributed by atoms with Crippen LogP contribution < -0.4 is 5.32 Å². The van der Waals surface area contributed by atoms with Crippen molar-refractivity contribution >= 4 is 11.8 Å². The molecule has 0 unspecified atom stereocenters. The van der Waals surface area contributed by atoms with Crippen LogP contribution in [0.3, 0.4) is 0 Å². The maximum atomic E-state index is 4.47. The van der Waals surface area contributed by atoms with E-state index < -0.39 is 0 Å². The molecule has 0 atom stereocenters. The standard InChI is InChI=1S/C12H21N3S/c1-4-8-16-9-6-13-10-12-5-7-15(14-12)11(2)3/h4-5,7,11,13H,1,6,8-10H2,2-3H3. The van der Waals surface area contributed by atoms with Crippen LogP contribution in [0.2, 0.25) is 0 Å². The molecule has 16 heavy (non-hydrogen) atoms. The molecule has 1 aromatic heterocycles. The highest BCUT2D eigenvalue weighted by atomic mass is 32.2. The Morgan fingerprint density at radius 2 is 2.44 bits per heavy atom. The zero-order valence-corrected chi connectivity index (χ0v) is 11.0. The summed E-state index contributed by atoms with van der Waals surface area (Å²) in [4.78, 5) is 0. The summed E-state index contributed by atoms with van der Waals surface area (Å²) in [6.07, 6.45) is 3.98. The largest absolute Gasteiger partial charge is 0.310 e. The molecule has 0 aliphatic heterocycles. The maximum absolute atomic E-state index is 4.47. The molecule has 1 rings (SSSR count). The van der Waals surface area contributed by atoms with Gasteiger partial charge < -0.3 is 5.32 Å². The van der Waals surface area contributed by atoms with E-state index in [0.29, 0.717) is 6.04 Å². The molecule has 0 saturated carbocycles. The van der Waals surface area contributed by atoms with E-state index >= 15 is 0 Å². The van der Waals surface area contributed by atoms with E-state index in [2.05, 4.69) is 36.9 Å². The highest BCUT2D eigenvalue weighted by Gasteiger charge is 2.00. The van der Waals surface area contributed by atoms with Gasteiger partial charge >= 0.3 is 0 Å². The molecule has 3 nitrogen and oxygen atoms in total. The van der Waals surface area contributed by atoms with Crippen molar-refractivity contribution in [1.82, 2.24) is 15.1 Å². The monoisotopic (exact) mass is 239 g/mol. The first-order chi connectivity index (χ1) is 7.74. The van der Waals surface area contributed by atoms with Crippen LogP contribution in [0.25, 0.3) is 0 Å². The van der Waals surface area contributed by atoms with E-state index in [1.54, 1.807) is 0 Å². The first-order valence-corrected chi connectivity index (χ1v) is 6.83. The number of hydrogen-bond donors (Lipinski definition) is 1. The van der Waals surface area contributed by atoms with Crippen LogP contribution in [0.15, 0.2) is 24.9 Å². The zero-order chi connectivity index (χ0) is 11.8. The minimum absolute atomic E-state index is 0.442. The van der Waals surface area contributed by atoms with Gasteiger partial charge in [-0.1, -0.05) is 6.08 Å². The molecular weight excluding hydrogens is 218 g/mol. The van der Waals surface area contributed by atoms with Gasteiger partial charge in [-0.15, -0.1) is 6.58 Å². The minimum Gasteiger partial charge on any atom is -0.310 e. The Labute approximate surface area is 102 Å². The zero-order valence-electron chi connectivity index (χ0n) is 10.1. The molecule has 0 bridgehead atoms. The van der Waals surface area contributed by atoms with Crippen molar-refractivity contribution in [3.05, 3.63) is 30.6 Å². The van der Waals surface area contributed by atoms with Crippen molar-refractivity contribution < 1.29 is 0 Å². The fourth-order valence-corrected chi connectivity index (χ4v) is 1.91. The van der Waals surface area contributed by atoms with Crippen molar-refractivity contribution in [3.63, 3.8) is 0 Å². The lowest BCUT2D eigenvalue weighted by atomic mass is 10.4. The quantitative estimate of drug-likeness (QED) is 0.558. The summed E-state index contributed by atoms with van der Waals surface area (Å²) < 4.78 is 1.99. The van der Waals surface area contributed by atoms with Gasteiger partial charge in [0.1, 0.15) is 0 Å². The lowest BCUT2D eigenvalue weighted by Gasteiger charge is -2.04. The molecule has 0 aliphatic rings. The summed E-state index contributed by atoms with van der Waals surface area (Å²) in [7, 11) is 0. The van der Waals surface area contributed by atoms with Gasteiger partial charge in [0.15, 0.2) is 0 Å². The van der Waals surface area contributed by atoms with Crippen LogP contribution in [0.4, 0.5) is 0 Å². The molecule has 1 heterocycles. The molecule has 4 heteroatoms. The van der Waals surface area contributed by atoms with Crippen LogP contribution in [0.5, 0.6) is 0 Å². The lowest BCUT2D eigenvalue weighted by Crippen LogP contribution is -2.17. The van der Waals surface area contributed by atoms with E-state index in [-0.39, 0.29) is 0 Å². The summed E-state index contributed by atoms with van der Waals surface area (Å²) >= 11 is 1.89. The molecule has 1 N–H and O–H groups in total. The van der Waals surface area contributed by atoms with Crippen molar-refractivity contribution in [2.24, 2.45) is 0 Å². The van der Waals surface area contributed by atoms with E-state index in [0.717, 1.165) is 30.3 Å². The molecule has 0 aromatic carbocycles. The second-order valence-electron chi connectivity index (χ2n) is 3.92. The third kappa shape index (κ3) is 4.86. The van der Waals surface area contributed by atoms with Gasteiger partial charge in [-0.2, -0.15) is 16.9 Å². The minimum atomic E-state index is 0.442. The summed E-state index contributed by atoms with van der Waals surface area (Å²) in [6, 6.07) is 2.51. The first kappa shape index (κ1) is 13.3. The summed E-state index contributed by atoms with van der Waals surface area (Å²) in [6.45, 7) is 9.84. The molecule has 0 saturated heterocycles. The predicted molar refractivity (Wildman–Crippen MR) is 71.8 cm³/mol. The number of rotatable bonds is 8. The average molecular weight is 239 g/mol. The topological polar surface area (TPSA) is 29.9 Å². The van der Waals surface area contributed by atoms with Crippen LogP contribution in [0, 0.1) is 0 Å². The Morgan fingerprint density at radius 1 is 1.62 bits per heavy atom. The molecule has 0 radical (unpaired) electrons. The van der Waals surface area contributed by atoms with E-state index in [9.17, 15) is 0 Å². The Bertz CT molecular complexity index is 307. The second kappa shape index (κ2) is 7.52. The summed E-state index contributed by atoms with van der Waals surface area (Å²) in [5.41, 5.74) is 1.11. The molecule has 90 valence electrons. The smallest absolute Gasteiger partial charge is 0.0762 e. The first-order valence-electron chi connectivity index (χ1n) is 5.67. The van der Waals surface area contributed by atoms with Crippen molar-refractivity contribution in [2.45, 2.75) is 26.4 Å². The van der Waals surface area contributed by atoms with Gasteiger partial charge in [-0.3, -0.25) is 4.68 Å². The highest BCUT2D eigenvalue weighted by molar-refractivity contribution is 7.99. The van der Waals surface area contributed by atoms with Gasteiger partial charge in [-0.05, 0) is 19.9 Å². The van der Waals surface area contributed by atoms with Crippen molar-refractivity contribution in [2.75, 3.05) is 18.1 Å². The summed E-state index contributed by atoms with van der Waals surface area (Å²) in [5.74, 6) is 2.15. The van der Waals surface area contributed by atoms with Crippen molar-refractivity contribution in [3.8, 4) is 0 Å². The fraction of sp³-hybridized carbons (Fsp3) is 0.583. The van der Waals surface area contributed by atoms with Crippen LogP contribution in [0.1, 0.15) is 25.6 Å². The van der Waals surface area contributed by atoms with Gasteiger partial charge in [0, 0.05) is 36.8 Å². The van der Waals surface area contributed by atoms with Gasteiger partial charge in [-0.25, -0.2) is 0 Å². The summed E-state index contributed by atoms with van der Waals surface area (Å²) in [5, 5.41) is 7.86. The molecule has 0 fully saturated rings. The Balaban J connectivity index is 2.14. The van der Waals surface area contributed by atoms with Crippen LogP contribution in [-0.4, -0.2) is 27.8 Å². The molecule has 1 aromatic rings. The second-order valence-corrected chi connectivity index (χ2v) is 5.07. The number of nitrogens with one attached hydrogen (secondary N) is 1. The molecular formula is C12H21N3S. The van der Waals surface area contributed by atoms with Gasteiger partial charge in [0.25, 0.3) is 0 Å². The Hall–Kier alpha value is -0.740. The Morgan fingerprint density at radius 3 is 3.06 bits per heavy atom. The van der Waals surface area contributed by atoms with E-state index in [4.69, 9.17) is 0 Å². The average Bonchev–Trinajstić information content (AvgIpc) is 2.72. The van der Waals surface area contributed by atoms with Crippen LogP contribution in [-0.2, 0) is 6.54 Å². The fourth-order valence-electron chi connectivity index (χ4n) is 1.29. The molecule has 0 amide bonds. The predicted octanol–water partition coefficient (Wildman–Crippen LogP) is 2.47. The third-order valence-corrected chi connectivity index (χ3v) is 3.12. The van der Waals surface area contributed by atoms with Gasteiger partial charge in [0.2, 0.25) is 0 Å². The lowest BCUT2D eigenvalue weighted by molar-refractivity contribution is 0.522. The van der Waals surface area contributed by atoms with Crippen molar-refractivity contribution in [1.29, 1.82) is 0 Å². The highest BCUT2D eigenvalue weighted by Crippen LogP contribution is 2.04. The maximum Gasteiger partial charge on any atom is 0.0762 e. The number of nitrogens with zero attached hydrogens (tertiary/aromatic N) is 2. The Kier molecular flexibility index (Phi) is 6.26. The normalized spacial score (nSPS) is 10.9.